The van der Waals surface area contributed by atoms with Gasteiger partial charge >= 0.3 is 12.1 Å². The summed E-state index contributed by atoms with van der Waals surface area (Å²) in [7, 11) is 2.88. The second-order valence-corrected chi connectivity index (χ2v) is 5.65. The van der Waals surface area contributed by atoms with Crippen LogP contribution in [0.15, 0.2) is 0 Å². The van der Waals surface area contributed by atoms with E-state index in [1.165, 1.54) is 12.0 Å². The molecule has 2 atom stereocenters. The van der Waals surface area contributed by atoms with E-state index in [-0.39, 0.29) is 18.5 Å². The van der Waals surface area contributed by atoms with E-state index in [0.29, 0.717) is 0 Å². The van der Waals surface area contributed by atoms with Crippen molar-refractivity contribution < 1.29 is 22.7 Å². The third kappa shape index (κ3) is 4.63. The molecule has 20 heavy (non-hydrogen) atoms. The molecule has 1 aliphatic carbocycles. The van der Waals surface area contributed by atoms with Gasteiger partial charge in [0.2, 0.25) is 0 Å². The number of halogens is 3. The highest BCUT2D eigenvalue weighted by Gasteiger charge is 2.43. The van der Waals surface area contributed by atoms with Crippen LogP contribution in [0, 0.1) is 0 Å². The Kier molecular flexibility index (Phi) is 5.43. The van der Waals surface area contributed by atoms with Crippen LogP contribution >= 0.6 is 0 Å². The minimum atomic E-state index is -4.22. The summed E-state index contributed by atoms with van der Waals surface area (Å²) in [4.78, 5) is 13.2. The number of hydrogen-bond donors (Lipinski definition) is 1. The summed E-state index contributed by atoms with van der Waals surface area (Å²) in [6, 6.07) is -0.383. The summed E-state index contributed by atoms with van der Waals surface area (Å²) in [6.45, 7) is 2.44. The van der Waals surface area contributed by atoms with Gasteiger partial charge in [0.1, 0.15) is 5.54 Å². The number of carbonyl (C=O) groups excluding carboxylic acids is 1. The van der Waals surface area contributed by atoms with E-state index in [0.717, 1.165) is 12.8 Å². The Bertz CT molecular complexity index is 345. The van der Waals surface area contributed by atoms with Gasteiger partial charge in [0.05, 0.1) is 13.7 Å². The molecule has 1 fully saturated rings. The van der Waals surface area contributed by atoms with E-state index in [1.807, 2.05) is 0 Å². The Balaban J connectivity index is 2.74. The largest absolute Gasteiger partial charge is 0.468 e. The van der Waals surface area contributed by atoms with Crippen LogP contribution in [0.25, 0.3) is 0 Å². The molecule has 1 rings (SSSR count). The molecule has 0 aromatic carbocycles. The summed E-state index contributed by atoms with van der Waals surface area (Å²) in [5.74, 6) is -0.463. The molecule has 0 aliphatic heterocycles. The molecule has 118 valence electrons. The maximum Gasteiger partial charge on any atom is 0.401 e. The van der Waals surface area contributed by atoms with Crippen LogP contribution in [0.4, 0.5) is 13.2 Å². The Morgan fingerprint density at radius 3 is 2.35 bits per heavy atom. The second kappa shape index (κ2) is 6.30. The summed E-state index contributed by atoms with van der Waals surface area (Å²) in [6.07, 6.45) is -2.38. The van der Waals surface area contributed by atoms with Crippen LogP contribution in [0.3, 0.4) is 0 Å². The zero-order valence-corrected chi connectivity index (χ0v) is 12.4. The number of ether oxygens (including phenoxy) is 1. The molecule has 2 unspecified atom stereocenters. The quantitative estimate of drug-likeness (QED) is 0.729. The summed E-state index contributed by atoms with van der Waals surface area (Å²) < 4.78 is 42.7. The molecule has 0 aromatic heterocycles. The van der Waals surface area contributed by atoms with E-state index < -0.39 is 24.2 Å². The van der Waals surface area contributed by atoms with Gasteiger partial charge in [0, 0.05) is 12.1 Å². The first kappa shape index (κ1) is 17.2. The van der Waals surface area contributed by atoms with Gasteiger partial charge in [-0.1, -0.05) is 0 Å². The Morgan fingerprint density at radius 1 is 1.45 bits per heavy atom. The molecule has 0 aromatic rings. The molecule has 1 saturated carbocycles. The van der Waals surface area contributed by atoms with Crippen molar-refractivity contribution in [2.75, 3.05) is 20.7 Å². The standard InChI is InChI=1S/C13H23F3N2O2/c1-9(7-12(2,17-3)11(19)20-4)18(10-5-6-10)8-13(14,15)16/h9-10,17H,5-8H2,1-4H3. The van der Waals surface area contributed by atoms with Crippen molar-refractivity contribution in [3.63, 3.8) is 0 Å². The van der Waals surface area contributed by atoms with Gasteiger partial charge in [0.25, 0.3) is 0 Å². The smallest absolute Gasteiger partial charge is 0.401 e. The van der Waals surface area contributed by atoms with E-state index in [1.54, 1.807) is 20.9 Å². The van der Waals surface area contributed by atoms with Crippen LogP contribution in [-0.2, 0) is 9.53 Å². The minimum absolute atomic E-state index is 0.0228. The number of nitrogens with one attached hydrogen (secondary N) is 1. The minimum Gasteiger partial charge on any atom is -0.468 e. The number of nitrogens with zero attached hydrogens (tertiary/aromatic N) is 1. The number of hydrogen-bond acceptors (Lipinski definition) is 4. The highest BCUT2D eigenvalue weighted by atomic mass is 19.4. The van der Waals surface area contributed by atoms with Crippen LogP contribution < -0.4 is 5.32 Å². The predicted molar refractivity (Wildman–Crippen MR) is 69.3 cm³/mol. The Morgan fingerprint density at radius 2 is 2.00 bits per heavy atom. The Hall–Kier alpha value is -0.820. The average Bonchev–Trinajstić information content (AvgIpc) is 3.17. The lowest BCUT2D eigenvalue weighted by molar-refractivity contribution is -0.155. The summed E-state index contributed by atoms with van der Waals surface area (Å²) in [5, 5.41) is 2.85. The van der Waals surface area contributed by atoms with Crippen LogP contribution in [-0.4, -0.2) is 55.4 Å². The molecule has 1 N–H and O–H groups in total. The molecule has 0 radical (unpaired) electrons. The van der Waals surface area contributed by atoms with Gasteiger partial charge in [-0.3, -0.25) is 9.69 Å². The second-order valence-electron chi connectivity index (χ2n) is 5.65. The molecule has 1 aliphatic rings. The zero-order chi connectivity index (χ0) is 15.6. The van der Waals surface area contributed by atoms with E-state index >= 15 is 0 Å². The first-order valence-corrected chi connectivity index (χ1v) is 6.73. The number of methoxy groups -OCH3 is 1. The fourth-order valence-electron chi connectivity index (χ4n) is 2.48. The van der Waals surface area contributed by atoms with Gasteiger partial charge in [-0.05, 0) is 40.2 Å². The van der Waals surface area contributed by atoms with Crippen molar-refractivity contribution in [2.45, 2.75) is 56.9 Å². The highest BCUT2D eigenvalue weighted by Crippen LogP contribution is 2.33. The molecule has 0 saturated heterocycles. The van der Waals surface area contributed by atoms with Gasteiger partial charge in [-0.2, -0.15) is 13.2 Å². The van der Waals surface area contributed by atoms with Crippen LogP contribution in [0.2, 0.25) is 0 Å². The molecular formula is C13H23F3N2O2. The van der Waals surface area contributed by atoms with Crippen molar-refractivity contribution in [3.8, 4) is 0 Å². The first-order chi connectivity index (χ1) is 9.13. The third-order valence-electron chi connectivity index (χ3n) is 3.84. The average molecular weight is 296 g/mol. The summed E-state index contributed by atoms with van der Waals surface area (Å²) >= 11 is 0. The molecule has 7 heteroatoms. The van der Waals surface area contributed by atoms with Gasteiger partial charge in [-0.15, -0.1) is 0 Å². The highest BCUT2D eigenvalue weighted by molar-refractivity contribution is 5.80. The first-order valence-electron chi connectivity index (χ1n) is 6.73. The predicted octanol–water partition coefficient (Wildman–Crippen LogP) is 1.94. The van der Waals surface area contributed by atoms with Gasteiger partial charge in [-0.25, -0.2) is 0 Å². The summed E-state index contributed by atoms with van der Waals surface area (Å²) in [5.41, 5.74) is -0.979. The number of carbonyl (C=O) groups is 1. The van der Waals surface area contributed by atoms with Crippen molar-refractivity contribution >= 4 is 5.97 Å². The van der Waals surface area contributed by atoms with Crippen molar-refractivity contribution in [2.24, 2.45) is 0 Å². The number of alkyl halides is 3. The molecule has 4 nitrogen and oxygen atoms in total. The fraction of sp³-hybridized carbons (Fsp3) is 0.923. The van der Waals surface area contributed by atoms with Crippen molar-refractivity contribution in [1.82, 2.24) is 10.2 Å². The molecule has 0 spiro atoms. The fourth-order valence-corrected chi connectivity index (χ4v) is 2.48. The molecule has 0 amide bonds. The molecule has 0 heterocycles. The maximum atomic E-state index is 12.6. The van der Waals surface area contributed by atoms with E-state index in [4.69, 9.17) is 4.74 Å². The van der Waals surface area contributed by atoms with Crippen LogP contribution in [0.1, 0.15) is 33.1 Å². The maximum absolute atomic E-state index is 12.6. The number of rotatable bonds is 7. The number of esters is 1. The van der Waals surface area contributed by atoms with E-state index in [9.17, 15) is 18.0 Å². The van der Waals surface area contributed by atoms with E-state index in [2.05, 4.69) is 5.32 Å². The van der Waals surface area contributed by atoms with Crippen LogP contribution in [0.5, 0.6) is 0 Å². The lowest BCUT2D eigenvalue weighted by atomic mass is 9.93. The molecule has 0 bridgehead atoms. The number of likely N-dealkylation sites (N-methyl/N-ethyl adjacent to an activating group) is 1. The lowest BCUT2D eigenvalue weighted by Crippen LogP contribution is -2.54. The SMILES string of the molecule is CNC(C)(CC(C)N(CC(F)(F)F)C1CC1)C(=O)OC. The van der Waals surface area contributed by atoms with Crippen molar-refractivity contribution in [1.29, 1.82) is 0 Å². The zero-order valence-electron chi connectivity index (χ0n) is 12.4. The van der Waals surface area contributed by atoms with Gasteiger partial charge < -0.3 is 10.1 Å². The molecular weight excluding hydrogens is 273 g/mol. The lowest BCUT2D eigenvalue weighted by Gasteiger charge is -2.35. The normalized spacial score (nSPS) is 20.6. The van der Waals surface area contributed by atoms with Gasteiger partial charge in [0.15, 0.2) is 0 Å². The topological polar surface area (TPSA) is 41.6 Å². The van der Waals surface area contributed by atoms with Crippen molar-refractivity contribution in [3.05, 3.63) is 0 Å². The Labute approximate surface area is 117 Å². The monoisotopic (exact) mass is 296 g/mol. The third-order valence-corrected chi connectivity index (χ3v) is 3.84.